The molecule has 0 fully saturated rings. The van der Waals surface area contributed by atoms with Crippen LogP contribution in [0.1, 0.15) is 13.3 Å². The standard InChI is InChI=1S/C12H15FN4S/c1-3-8-17-11(14-15-12(17)18)16(2)10-6-4-9(13)5-7-10/h4-7H,3,8H2,1-2H3,(H,15,18). The van der Waals surface area contributed by atoms with Gasteiger partial charge in [0.05, 0.1) is 0 Å². The molecule has 0 saturated carbocycles. The Morgan fingerprint density at radius 1 is 1.39 bits per heavy atom. The highest BCUT2D eigenvalue weighted by atomic mass is 32.1. The zero-order chi connectivity index (χ0) is 13.1. The van der Waals surface area contributed by atoms with E-state index in [9.17, 15) is 4.39 Å². The monoisotopic (exact) mass is 266 g/mol. The summed E-state index contributed by atoms with van der Waals surface area (Å²) < 4.78 is 15.4. The number of hydrogen-bond donors (Lipinski definition) is 1. The van der Waals surface area contributed by atoms with Crippen LogP contribution in [0, 0.1) is 10.6 Å². The number of halogens is 1. The van der Waals surface area contributed by atoms with Gasteiger partial charge in [-0.1, -0.05) is 6.92 Å². The first kappa shape index (κ1) is 12.8. The van der Waals surface area contributed by atoms with E-state index >= 15 is 0 Å². The third-order valence-electron chi connectivity index (χ3n) is 2.70. The van der Waals surface area contributed by atoms with Crippen LogP contribution in [-0.4, -0.2) is 21.8 Å². The van der Waals surface area contributed by atoms with Crippen LogP contribution in [-0.2, 0) is 6.54 Å². The van der Waals surface area contributed by atoms with Crippen molar-refractivity contribution in [1.29, 1.82) is 0 Å². The molecule has 2 aromatic rings. The molecule has 18 heavy (non-hydrogen) atoms. The fraction of sp³-hybridized carbons (Fsp3) is 0.333. The highest BCUT2D eigenvalue weighted by molar-refractivity contribution is 7.71. The van der Waals surface area contributed by atoms with Gasteiger partial charge in [0, 0.05) is 19.3 Å². The summed E-state index contributed by atoms with van der Waals surface area (Å²) in [5.74, 6) is 0.480. The fourth-order valence-corrected chi connectivity index (χ4v) is 1.99. The van der Waals surface area contributed by atoms with E-state index < -0.39 is 0 Å². The molecule has 2 rings (SSSR count). The predicted molar refractivity (Wildman–Crippen MR) is 72.2 cm³/mol. The van der Waals surface area contributed by atoms with Crippen LogP contribution in [0.2, 0.25) is 0 Å². The number of anilines is 2. The Labute approximate surface area is 110 Å². The minimum Gasteiger partial charge on any atom is -0.314 e. The molecule has 0 aliphatic rings. The molecular formula is C12H15FN4S. The lowest BCUT2D eigenvalue weighted by Crippen LogP contribution is -2.15. The number of nitrogens with one attached hydrogen (secondary N) is 1. The molecule has 0 atom stereocenters. The molecule has 1 aromatic carbocycles. The largest absolute Gasteiger partial charge is 0.314 e. The fourth-order valence-electron chi connectivity index (χ4n) is 1.77. The molecule has 6 heteroatoms. The molecule has 1 aromatic heterocycles. The average molecular weight is 266 g/mol. The highest BCUT2D eigenvalue weighted by Crippen LogP contribution is 2.22. The summed E-state index contributed by atoms with van der Waals surface area (Å²) in [5, 5.41) is 7.00. The molecule has 1 heterocycles. The van der Waals surface area contributed by atoms with E-state index in [0.29, 0.717) is 4.77 Å². The molecule has 0 unspecified atom stereocenters. The van der Waals surface area contributed by atoms with Gasteiger partial charge in [0.1, 0.15) is 5.82 Å². The first-order valence-electron chi connectivity index (χ1n) is 5.78. The normalized spacial score (nSPS) is 10.6. The number of nitrogens with zero attached hydrogens (tertiary/aromatic N) is 3. The van der Waals surface area contributed by atoms with Crippen LogP contribution in [0.15, 0.2) is 24.3 Å². The summed E-state index contributed by atoms with van der Waals surface area (Å²) in [5.41, 5.74) is 0.864. The van der Waals surface area contributed by atoms with Crippen LogP contribution in [0.25, 0.3) is 0 Å². The molecule has 0 saturated heterocycles. The first-order valence-corrected chi connectivity index (χ1v) is 6.18. The van der Waals surface area contributed by atoms with Crippen molar-refractivity contribution in [1.82, 2.24) is 14.8 Å². The summed E-state index contributed by atoms with van der Waals surface area (Å²) in [6, 6.07) is 6.28. The maximum absolute atomic E-state index is 12.9. The van der Waals surface area contributed by atoms with E-state index in [1.165, 1.54) is 12.1 Å². The summed E-state index contributed by atoms with van der Waals surface area (Å²) >= 11 is 5.19. The van der Waals surface area contributed by atoms with Gasteiger partial charge in [0.15, 0.2) is 4.77 Å². The van der Waals surface area contributed by atoms with Gasteiger partial charge in [-0.3, -0.25) is 4.57 Å². The van der Waals surface area contributed by atoms with Gasteiger partial charge in [-0.25, -0.2) is 9.49 Å². The lowest BCUT2D eigenvalue weighted by Gasteiger charge is -2.18. The third-order valence-corrected chi connectivity index (χ3v) is 3.01. The van der Waals surface area contributed by atoms with Crippen LogP contribution in [0.3, 0.4) is 0 Å². The average Bonchev–Trinajstić information content (AvgIpc) is 2.72. The molecular weight excluding hydrogens is 251 g/mol. The predicted octanol–water partition coefficient (Wildman–Crippen LogP) is 3.26. The molecule has 0 aliphatic carbocycles. The summed E-state index contributed by atoms with van der Waals surface area (Å²) in [7, 11) is 1.88. The number of rotatable bonds is 4. The van der Waals surface area contributed by atoms with Crippen molar-refractivity contribution < 1.29 is 4.39 Å². The molecule has 0 amide bonds. The topological polar surface area (TPSA) is 36.9 Å². The highest BCUT2D eigenvalue weighted by Gasteiger charge is 2.12. The SMILES string of the molecule is CCCn1c(N(C)c2ccc(F)cc2)n[nH]c1=S. The smallest absolute Gasteiger partial charge is 0.229 e. The van der Waals surface area contributed by atoms with E-state index in [1.54, 1.807) is 12.1 Å². The Bertz CT molecular complexity index is 573. The maximum atomic E-state index is 12.9. The quantitative estimate of drug-likeness (QED) is 0.863. The number of benzene rings is 1. The van der Waals surface area contributed by atoms with Gasteiger partial charge >= 0.3 is 0 Å². The Balaban J connectivity index is 2.36. The Hall–Kier alpha value is -1.69. The van der Waals surface area contributed by atoms with E-state index in [-0.39, 0.29) is 5.82 Å². The summed E-state index contributed by atoms with van der Waals surface area (Å²) in [6.45, 7) is 2.88. The maximum Gasteiger partial charge on any atom is 0.229 e. The molecule has 96 valence electrons. The molecule has 4 nitrogen and oxygen atoms in total. The summed E-state index contributed by atoms with van der Waals surface area (Å²) in [4.78, 5) is 1.88. The summed E-state index contributed by atoms with van der Waals surface area (Å²) in [6.07, 6.45) is 0.970. The molecule has 0 aliphatic heterocycles. The van der Waals surface area contributed by atoms with Crippen molar-refractivity contribution in [3.8, 4) is 0 Å². The third kappa shape index (κ3) is 2.43. The minimum atomic E-state index is -0.250. The molecule has 1 N–H and O–H groups in total. The van der Waals surface area contributed by atoms with Crippen LogP contribution in [0.4, 0.5) is 16.0 Å². The van der Waals surface area contributed by atoms with Crippen molar-refractivity contribution >= 4 is 23.9 Å². The number of aromatic amines is 1. The van der Waals surface area contributed by atoms with Gasteiger partial charge in [-0.2, -0.15) is 0 Å². The van der Waals surface area contributed by atoms with Crippen molar-refractivity contribution in [2.75, 3.05) is 11.9 Å². The zero-order valence-electron chi connectivity index (χ0n) is 10.4. The Morgan fingerprint density at radius 3 is 2.67 bits per heavy atom. The van der Waals surface area contributed by atoms with Crippen molar-refractivity contribution in [3.63, 3.8) is 0 Å². The zero-order valence-corrected chi connectivity index (χ0v) is 11.2. The lowest BCUT2D eigenvalue weighted by molar-refractivity contribution is 0.627. The van der Waals surface area contributed by atoms with E-state index in [4.69, 9.17) is 12.2 Å². The second kappa shape index (κ2) is 5.30. The minimum absolute atomic E-state index is 0.250. The first-order chi connectivity index (χ1) is 8.63. The van der Waals surface area contributed by atoms with Gasteiger partial charge in [0.2, 0.25) is 5.95 Å². The molecule has 0 spiro atoms. The van der Waals surface area contributed by atoms with Gasteiger partial charge in [-0.15, -0.1) is 5.10 Å². The van der Waals surface area contributed by atoms with Gasteiger partial charge < -0.3 is 4.90 Å². The van der Waals surface area contributed by atoms with Crippen molar-refractivity contribution in [2.24, 2.45) is 0 Å². The molecule has 0 bridgehead atoms. The van der Waals surface area contributed by atoms with Crippen LogP contribution in [0.5, 0.6) is 0 Å². The number of H-pyrrole nitrogens is 1. The second-order valence-corrected chi connectivity index (χ2v) is 4.40. The van der Waals surface area contributed by atoms with Gasteiger partial charge in [0.25, 0.3) is 0 Å². The van der Waals surface area contributed by atoms with Crippen molar-refractivity contribution in [2.45, 2.75) is 19.9 Å². The van der Waals surface area contributed by atoms with E-state index in [2.05, 4.69) is 17.1 Å². The van der Waals surface area contributed by atoms with Crippen LogP contribution >= 0.6 is 12.2 Å². The van der Waals surface area contributed by atoms with Crippen LogP contribution < -0.4 is 4.90 Å². The Morgan fingerprint density at radius 2 is 2.06 bits per heavy atom. The van der Waals surface area contributed by atoms with Crippen molar-refractivity contribution in [3.05, 3.63) is 34.9 Å². The van der Waals surface area contributed by atoms with E-state index in [1.807, 2.05) is 16.5 Å². The number of aromatic nitrogens is 3. The number of hydrogen-bond acceptors (Lipinski definition) is 3. The lowest BCUT2D eigenvalue weighted by atomic mass is 10.3. The van der Waals surface area contributed by atoms with E-state index in [0.717, 1.165) is 24.6 Å². The van der Waals surface area contributed by atoms with Gasteiger partial charge in [-0.05, 0) is 42.9 Å². The second-order valence-electron chi connectivity index (χ2n) is 4.02. The molecule has 0 radical (unpaired) electrons. The Kier molecular flexibility index (Phi) is 3.76.